The molecule has 9 heteroatoms. The molecule has 2 aromatic carbocycles. The molecule has 0 aliphatic carbocycles. The van der Waals surface area contributed by atoms with Crippen LogP contribution in [0.5, 0.6) is 0 Å². The van der Waals surface area contributed by atoms with E-state index in [0.717, 1.165) is 5.56 Å². The van der Waals surface area contributed by atoms with Crippen LogP contribution < -0.4 is 4.90 Å². The van der Waals surface area contributed by atoms with Gasteiger partial charge in [0.1, 0.15) is 5.82 Å². The Balaban J connectivity index is 1.33. The molecule has 4 rings (SSSR count). The number of nitrogens with one attached hydrogen (secondary N) is 1. The van der Waals surface area contributed by atoms with Crippen LogP contribution in [-0.4, -0.2) is 49.0 Å². The Kier molecular flexibility index (Phi) is 5.70. The van der Waals surface area contributed by atoms with E-state index in [-0.39, 0.29) is 11.6 Å². The molecule has 0 spiro atoms. The minimum atomic E-state index is -3.33. The molecule has 1 N–H and O–H groups in total. The number of sulfonamides is 1. The Labute approximate surface area is 168 Å². The lowest BCUT2D eigenvalue weighted by molar-refractivity contribution is -0.918. The van der Waals surface area contributed by atoms with Crippen molar-refractivity contribution in [1.29, 1.82) is 0 Å². The Morgan fingerprint density at radius 3 is 2.41 bits per heavy atom. The van der Waals surface area contributed by atoms with Crippen molar-refractivity contribution in [2.24, 2.45) is 0 Å². The van der Waals surface area contributed by atoms with Crippen molar-refractivity contribution < 1.29 is 22.2 Å². The predicted molar refractivity (Wildman–Crippen MR) is 105 cm³/mol. The zero-order valence-corrected chi connectivity index (χ0v) is 16.6. The summed E-state index contributed by atoms with van der Waals surface area (Å²) in [6, 6.07) is 15.1. The standard InChI is InChI=1S/C20H21FN4O3S/c21-18-8-6-17(7-9-18)20-22-19(28-23-20)14-24-10-12-25(13-11-24)29(26,27)15-16-4-2-1-3-5-16/h1-9H,10-15H2/p+1. The average Bonchev–Trinajstić information content (AvgIpc) is 3.18. The minimum Gasteiger partial charge on any atom is -0.333 e. The van der Waals surface area contributed by atoms with Gasteiger partial charge in [-0.25, -0.2) is 12.8 Å². The van der Waals surface area contributed by atoms with Gasteiger partial charge in [0.25, 0.3) is 5.89 Å². The van der Waals surface area contributed by atoms with Gasteiger partial charge in [0.15, 0.2) is 6.54 Å². The summed E-state index contributed by atoms with van der Waals surface area (Å²) in [6.07, 6.45) is 0. The summed E-state index contributed by atoms with van der Waals surface area (Å²) < 4.78 is 45.2. The van der Waals surface area contributed by atoms with Crippen LogP contribution in [-0.2, 0) is 22.3 Å². The average molecular weight is 417 g/mol. The van der Waals surface area contributed by atoms with Crippen molar-refractivity contribution in [2.75, 3.05) is 26.2 Å². The first kappa shape index (κ1) is 19.7. The SMILES string of the molecule is O=S(=O)(Cc1ccccc1)N1CC[NH+](Cc2nc(-c3ccc(F)cc3)no2)CC1. The third kappa shape index (κ3) is 4.87. The molecule has 1 aromatic heterocycles. The quantitative estimate of drug-likeness (QED) is 0.650. The first-order valence-corrected chi connectivity index (χ1v) is 11.0. The van der Waals surface area contributed by atoms with Crippen LogP contribution in [0, 0.1) is 5.82 Å². The van der Waals surface area contributed by atoms with Crippen LogP contribution in [0.15, 0.2) is 59.1 Å². The van der Waals surface area contributed by atoms with Crippen molar-refractivity contribution in [1.82, 2.24) is 14.4 Å². The summed E-state index contributed by atoms with van der Waals surface area (Å²) >= 11 is 0. The summed E-state index contributed by atoms with van der Waals surface area (Å²) in [7, 11) is -3.33. The van der Waals surface area contributed by atoms with Crippen molar-refractivity contribution in [3.05, 3.63) is 71.9 Å². The topological polar surface area (TPSA) is 80.7 Å². The molecule has 1 fully saturated rings. The van der Waals surface area contributed by atoms with E-state index in [1.807, 2.05) is 30.3 Å². The molecule has 152 valence electrons. The van der Waals surface area contributed by atoms with Crippen molar-refractivity contribution in [3.8, 4) is 11.4 Å². The summed E-state index contributed by atoms with van der Waals surface area (Å²) in [5.41, 5.74) is 1.48. The highest BCUT2D eigenvalue weighted by molar-refractivity contribution is 7.88. The molecular weight excluding hydrogens is 395 g/mol. The lowest BCUT2D eigenvalue weighted by Gasteiger charge is -2.30. The van der Waals surface area contributed by atoms with E-state index < -0.39 is 10.0 Å². The molecule has 0 radical (unpaired) electrons. The van der Waals surface area contributed by atoms with E-state index in [9.17, 15) is 12.8 Å². The highest BCUT2D eigenvalue weighted by Gasteiger charge is 2.30. The third-order valence-corrected chi connectivity index (χ3v) is 6.84. The number of nitrogens with zero attached hydrogens (tertiary/aromatic N) is 3. The molecule has 3 aromatic rings. The highest BCUT2D eigenvalue weighted by Crippen LogP contribution is 2.16. The van der Waals surface area contributed by atoms with E-state index in [0.29, 0.717) is 50.0 Å². The van der Waals surface area contributed by atoms with E-state index >= 15 is 0 Å². The molecule has 29 heavy (non-hydrogen) atoms. The second kappa shape index (κ2) is 8.40. The first-order chi connectivity index (χ1) is 14.0. The van der Waals surface area contributed by atoms with Crippen LogP contribution in [0.3, 0.4) is 0 Å². The molecule has 0 amide bonds. The van der Waals surface area contributed by atoms with E-state index in [2.05, 4.69) is 10.1 Å². The van der Waals surface area contributed by atoms with Crippen LogP contribution >= 0.6 is 0 Å². The summed E-state index contributed by atoms with van der Waals surface area (Å²) in [4.78, 5) is 5.56. The monoisotopic (exact) mass is 417 g/mol. The van der Waals surface area contributed by atoms with Crippen LogP contribution in [0.4, 0.5) is 4.39 Å². The molecule has 0 atom stereocenters. The molecule has 0 saturated carbocycles. The second-order valence-electron chi connectivity index (χ2n) is 7.09. The number of piperazine rings is 1. The number of hydrogen-bond acceptors (Lipinski definition) is 5. The van der Waals surface area contributed by atoms with Gasteiger partial charge in [0.2, 0.25) is 15.8 Å². The maximum atomic E-state index is 13.0. The van der Waals surface area contributed by atoms with Gasteiger partial charge in [-0.15, -0.1) is 0 Å². The largest absolute Gasteiger partial charge is 0.333 e. The van der Waals surface area contributed by atoms with Crippen LogP contribution in [0.2, 0.25) is 0 Å². The Morgan fingerprint density at radius 2 is 1.72 bits per heavy atom. The Hall–Kier alpha value is -2.62. The first-order valence-electron chi connectivity index (χ1n) is 9.43. The maximum absolute atomic E-state index is 13.0. The van der Waals surface area contributed by atoms with Crippen molar-refractivity contribution in [3.63, 3.8) is 0 Å². The number of quaternary nitrogens is 1. The number of aromatic nitrogens is 2. The van der Waals surface area contributed by atoms with Crippen LogP contribution in [0.1, 0.15) is 11.5 Å². The molecule has 1 aliphatic rings. The number of rotatable bonds is 6. The maximum Gasteiger partial charge on any atom is 0.282 e. The molecular formula is C20H22FN4O3S+. The summed E-state index contributed by atoms with van der Waals surface area (Å²) in [5.74, 6) is 0.610. The fraction of sp³-hybridized carbons (Fsp3) is 0.300. The van der Waals surface area contributed by atoms with E-state index in [1.165, 1.54) is 17.0 Å². The highest BCUT2D eigenvalue weighted by atomic mass is 32.2. The molecule has 1 saturated heterocycles. The van der Waals surface area contributed by atoms with Crippen molar-refractivity contribution >= 4 is 10.0 Å². The lowest BCUT2D eigenvalue weighted by Crippen LogP contribution is -3.13. The number of halogens is 1. The Morgan fingerprint density at radius 1 is 1.03 bits per heavy atom. The van der Waals surface area contributed by atoms with E-state index in [1.54, 1.807) is 16.4 Å². The molecule has 7 nitrogen and oxygen atoms in total. The zero-order valence-electron chi connectivity index (χ0n) is 15.8. The number of benzene rings is 2. The summed E-state index contributed by atoms with van der Waals surface area (Å²) in [6.45, 7) is 2.79. The zero-order chi connectivity index (χ0) is 20.3. The summed E-state index contributed by atoms with van der Waals surface area (Å²) in [5, 5.41) is 3.95. The van der Waals surface area contributed by atoms with Crippen molar-refractivity contribution in [2.45, 2.75) is 12.3 Å². The van der Waals surface area contributed by atoms with Gasteiger partial charge < -0.3 is 9.42 Å². The molecule has 2 heterocycles. The lowest BCUT2D eigenvalue weighted by atomic mass is 10.2. The van der Waals surface area contributed by atoms with Gasteiger partial charge in [-0.05, 0) is 29.8 Å². The van der Waals surface area contributed by atoms with Gasteiger partial charge in [0, 0.05) is 5.56 Å². The molecule has 0 bridgehead atoms. The predicted octanol–water partition coefficient (Wildman–Crippen LogP) is 1.11. The smallest absolute Gasteiger partial charge is 0.282 e. The van der Waals surface area contributed by atoms with Gasteiger partial charge in [-0.1, -0.05) is 35.5 Å². The third-order valence-electron chi connectivity index (χ3n) is 4.99. The Bertz CT molecular complexity index is 1050. The van der Waals surface area contributed by atoms with Gasteiger partial charge in [-0.2, -0.15) is 9.29 Å². The minimum absolute atomic E-state index is 0.0217. The molecule has 0 unspecified atom stereocenters. The normalized spacial score (nSPS) is 16.2. The number of hydrogen-bond donors (Lipinski definition) is 1. The molecule has 1 aliphatic heterocycles. The van der Waals surface area contributed by atoms with E-state index in [4.69, 9.17) is 4.52 Å². The second-order valence-corrected chi connectivity index (χ2v) is 9.06. The fourth-order valence-corrected chi connectivity index (χ4v) is 4.93. The van der Waals surface area contributed by atoms with Crippen LogP contribution in [0.25, 0.3) is 11.4 Å². The van der Waals surface area contributed by atoms with Gasteiger partial charge in [-0.3, -0.25) is 0 Å². The van der Waals surface area contributed by atoms with Gasteiger partial charge >= 0.3 is 0 Å². The van der Waals surface area contributed by atoms with Gasteiger partial charge in [0.05, 0.1) is 31.9 Å². The fourth-order valence-electron chi connectivity index (χ4n) is 3.39.